The van der Waals surface area contributed by atoms with Crippen LogP contribution < -0.4 is 10.1 Å². The van der Waals surface area contributed by atoms with E-state index in [2.05, 4.69) is 10.1 Å². The molecule has 0 unspecified atom stereocenters. The van der Waals surface area contributed by atoms with E-state index in [1.165, 1.54) is 12.1 Å². The number of alkyl halides is 3. The molecule has 0 bridgehead atoms. The van der Waals surface area contributed by atoms with E-state index in [0.717, 1.165) is 33.4 Å². The molecular weight excluding hydrogens is 495 g/mol. The van der Waals surface area contributed by atoms with E-state index in [1.54, 1.807) is 24.3 Å². The molecule has 194 valence electrons. The highest BCUT2D eigenvalue weighted by Crippen LogP contribution is 2.32. The second-order valence-electron chi connectivity index (χ2n) is 8.58. The van der Waals surface area contributed by atoms with Crippen molar-refractivity contribution in [2.75, 3.05) is 6.54 Å². The van der Waals surface area contributed by atoms with Gasteiger partial charge in [-0.1, -0.05) is 72.8 Å². The molecule has 4 rings (SSSR count). The van der Waals surface area contributed by atoms with Gasteiger partial charge in [0, 0.05) is 12.1 Å². The number of aliphatic carboxylic acids is 1. The van der Waals surface area contributed by atoms with Gasteiger partial charge in [-0.15, -0.1) is 13.2 Å². The number of nitrogens with one attached hydrogen (secondary N) is 1. The highest BCUT2D eigenvalue weighted by atomic mass is 19.4. The molecule has 0 aromatic heterocycles. The van der Waals surface area contributed by atoms with Crippen LogP contribution in [-0.2, 0) is 11.2 Å². The van der Waals surface area contributed by atoms with Gasteiger partial charge in [0.05, 0.1) is 6.42 Å². The summed E-state index contributed by atoms with van der Waals surface area (Å²) in [6.45, 7) is 0.0481. The van der Waals surface area contributed by atoms with E-state index in [1.807, 2.05) is 60.7 Å². The van der Waals surface area contributed by atoms with Gasteiger partial charge in [-0.2, -0.15) is 0 Å². The Bertz CT molecular complexity index is 1400. The van der Waals surface area contributed by atoms with Crippen molar-refractivity contribution in [3.05, 3.63) is 114 Å². The minimum atomic E-state index is -4.75. The highest BCUT2D eigenvalue weighted by molar-refractivity contribution is 5.94. The zero-order chi connectivity index (χ0) is 27.1. The highest BCUT2D eigenvalue weighted by Gasteiger charge is 2.31. The van der Waals surface area contributed by atoms with Gasteiger partial charge in [-0.05, 0) is 64.1 Å². The van der Waals surface area contributed by atoms with Crippen LogP contribution in [0.1, 0.15) is 27.9 Å². The zero-order valence-electron chi connectivity index (χ0n) is 20.2. The Labute approximate surface area is 217 Å². The van der Waals surface area contributed by atoms with Crippen molar-refractivity contribution >= 4 is 11.9 Å². The van der Waals surface area contributed by atoms with Crippen molar-refractivity contribution in [1.29, 1.82) is 0 Å². The van der Waals surface area contributed by atoms with Gasteiger partial charge in [-0.25, -0.2) is 0 Å². The van der Waals surface area contributed by atoms with Gasteiger partial charge >= 0.3 is 12.3 Å². The van der Waals surface area contributed by atoms with Crippen LogP contribution in [0.4, 0.5) is 13.2 Å². The molecule has 0 spiro atoms. The molecule has 8 heteroatoms. The first-order valence-electron chi connectivity index (χ1n) is 11.8. The molecule has 1 amide bonds. The van der Waals surface area contributed by atoms with Gasteiger partial charge in [0.1, 0.15) is 5.75 Å². The summed E-state index contributed by atoms with van der Waals surface area (Å²) < 4.78 is 41.5. The lowest BCUT2D eigenvalue weighted by Crippen LogP contribution is -2.25. The maximum absolute atomic E-state index is 12.5. The molecule has 0 fully saturated rings. The molecule has 38 heavy (non-hydrogen) atoms. The quantitative estimate of drug-likeness (QED) is 0.258. The number of amides is 1. The summed E-state index contributed by atoms with van der Waals surface area (Å²) in [6, 6.07) is 28.6. The van der Waals surface area contributed by atoms with E-state index >= 15 is 0 Å². The summed E-state index contributed by atoms with van der Waals surface area (Å²) in [7, 11) is 0. The van der Waals surface area contributed by atoms with Crippen molar-refractivity contribution in [2.24, 2.45) is 0 Å². The first-order valence-corrected chi connectivity index (χ1v) is 11.8. The SMILES string of the molecule is O=C(O)CCNC(=O)c1ccc(Cc2cc(-c3ccc(OC(F)(F)F)cc3)ccc2-c2ccccc2)cc1. The maximum atomic E-state index is 12.5. The van der Waals surface area contributed by atoms with E-state index in [-0.39, 0.29) is 24.6 Å². The summed E-state index contributed by atoms with van der Waals surface area (Å²) in [4.78, 5) is 22.9. The molecule has 0 atom stereocenters. The third-order valence-electron chi connectivity index (χ3n) is 5.85. The van der Waals surface area contributed by atoms with Crippen LogP contribution in [-0.4, -0.2) is 29.9 Å². The molecule has 0 saturated carbocycles. The monoisotopic (exact) mass is 519 g/mol. The minimum absolute atomic E-state index is 0.0481. The van der Waals surface area contributed by atoms with Crippen LogP contribution in [0.2, 0.25) is 0 Å². The van der Waals surface area contributed by atoms with Gasteiger partial charge in [-0.3, -0.25) is 9.59 Å². The molecule has 5 nitrogen and oxygen atoms in total. The maximum Gasteiger partial charge on any atom is 0.573 e. The zero-order valence-corrected chi connectivity index (χ0v) is 20.2. The molecule has 0 heterocycles. The van der Waals surface area contributed by atoms with Crippen LogP contribution >= 0.6 is 0 Å². The number of rotatable bonds is 9. The van der Waals surface area contributed by atoms with Crippen LogP contribution in [0.5, 0.6) is 5.75 Å². The molecule has 0 aliphatic carbocycles. The van der Waals surface area contributed by atoms with Crippen LogP contribution in [0.25, 0.3) is 22.3 Å². The molecule has 4 aromatic rings. The minimum Gasteiger partial charge on any atom is -0.481 e. The lowest BCUT2D eigenvalue weighted by Gasteiger charge is -2.14. The Kier molecular flexibility index (Phi) is 8.11. The second-order valence-corrected chi connectivity index (χ2v) is 8.58. The van der Waals surface area contributed by atoms with Gasteiger partial charge < -0.3 is 15.2 Å². The summed E-state index contributed by atoms with van der Waals surface area (Å²) in [5, 5.41) is 11.3. The number of benzene rings is 4. The number of carboxylic acids is 1. The van der Waals surface area contributed by atoms with Crippen LogP contribution in [0, 0.1) is 0 Å². The van der Waals surface area contributed by atoms with Gasteiger partial charge in [0.25, 0.3) is 5.91 Å². The lowest BCUT2D eigenvalue weighted by atomic mass is 9.91. The Balaban J connectivity index is 1.59. The van der Waals surface area contributed by atoms with E-state index in [4.69, 9.17) is 5.11 Å². The number of carbonyl (C=O) groups is 2. The van der Waals surface area contributed by atoms with Crippen molar-refractivity contribution in [3.8, 4) is 28.0 Å². The number of halogens is 3. The first-order chi connectivity index (χ1) is 18.2. The second kappa shape index (κ2) is 11.6. The molecule has 0 saturated heterocycles. The summed E-state index contributed by atoms with van der Waals surface area (Å²) in [5.41, 5.74) is 6.01. The number of hydrogen-bond acceptors (Lipinski definition) is 3. The number of hydrogen-bond donors (Lipinski definition) is 2. The molecule has 4 aromatic carbocycles. The van der Waals surface area contributed by atoms with E-state index in [9.17, 15) is 22.8 Å². The third kappa shape index (κ3) is 7.22. The smallest absolute Gasteiger partial charge is 0.481 e. The van der Waals surface area contributed by atoms with Crippen molar-refractivity contribution in [2.45, 2.75) is 19.2 Å². The van der Waals surface area contributed by atoms with Crippen molar-refractivity contribution < 1.29 is 32.6 Å². The van der Waals surface area contributed by atoms with Crippen molar-refractivity contribution in [3.63, 3.8) is 0 Å². The predicted octanol–water partition coefficient (Wildman–Crippen LogP) is 6.71. The topological polar surface area (TPSA) is 75.6 Å². The van der Waals surface area contributed by atoms with E-state index < -0.39 is 12.3 Å². The number of carboxylic acid groups (broad SMARTS) is 1. The summed E-state index contributed by atoms with van der Waals surface area (Å²) >= 11 is 0. The molecule has 0 radical (unpaired) electrons. The Hall–Kier alpha value is -4.59. The average molecular weight is 520 g/mol. The standard InChI is InChI=1S/C30H24F3NO4/c31-30(32,33)38-26-13-10-21(11-14-26)24-12-15-27(22-4-2-1-3-5-22)25(19-24)18-20-6-8-23(9-7-20)29(37)34-17-16-28(35)36/h1-15,19H,16-18H2,(H,34,37)(H,35,36). The molecule has 2 N–H and O–H groups in total. The fourth-order valence-corrected chi connectivity index (χ4v) is 4.05. The molecule has 0 aliphatic rings. The van der Waals surface area contributed by atoms with Crippen LogP contribution in [0.3, 0.4) is 0 Å². The van der Waals surface area contributed by atoms with Crippen molar-refractivity contribution in [1.82, 2.24) is 5.32 Å². The Morgan fingerprint density at radius 1 is 0.789 bits per heavy atom. The molecular formula is C30H24F3NO4. The normalized spacial score (nSPS) is 11.1. The fraction of sp³-hybridized carbons (Fsp3) is 0.133. The van der Waals surface area contributed by atoms with Gasteiger partial charge in [0.2, 0.25) is 0 Å². The third-order valence-corrected chi connectivity index (χ3v) is 5.85. The Morgan fingerprint density at radius 2 is 1.45 bits per heavy atom. The number of carbonyl (C=O) groups excluding carboxylic acids is 1. The predicted molar refractivity (Wildman–Crippen MR) is 138 cm³/mol. The number of ether oxygens (including phenoxy) is 1. The average Bonchev–Trinajstić information content (AvgIpc) is 2.89. The van der Waals surface area contributed by atoms with E-state index in [0.29, 0.717) is 12.0 Å². The Morgan fingerprint density at radius 3 is 2.08 bits per heavy atom. The molecule has 0 aliphatic heterocycles. The largest absolute Gasteiger partial charge is 0.573 e. The van der Waals surface area contributed by atoms with Gasteiger partial charge in [0.15, 0.2) is 0 Å². The summed E-state index contributed by atoms with van der Waals surface area (Å²) in [5.74, 6) is -1.61. The fourth-order valence-electron chi connectivity index (χ4n) is 4.05. The lowest BCUT2D eigenvalue weighted by molar-refractivity contribution is -0.274. The van der Waals surface area contributed by atoms with Crippen LogP contribution in [0.15, 0.2) is 97.1 Å². The first kappa shape index (κ1) is 26.5. The summed E-state index contributed by atoms with van der Waals surface area (Å²) in [6.07, 6.45) is -4.35.